The van der Waals surface area contributed by atoms with Crippen LogP contribution in [0, 0.1) is 0 Å². The van der Waals surface area contributed by atoms with Gasteiger partial charge in [-0.2, -0.15) is 4.99 Å². The van der Waals surface area contributed by atoms with Crippen molar-refractivity contribution in [2.24, 2.45) is 9.98 Å². The molecule has 4 aromatic carbocycles. The molecule has 0 bridgehead atoms. The van der Waals surface area contributed by atoms with Crippen LogP contribution in [-0.2, 0) is 10.1 Å². The first-order valence-corrected chi connectivity index (χ1v) is 10.7. The summed E-state index contributed by atoms with van der Waals surface area (Å²) in [5, 5.41) is 2.14. The molecule has 6 rings (SSSR count). The number of halogens is 2. The zero-order chi connectivity index (χ0) is 22.4. The average Bonchev–Trinajstić information content (AvgIpc) is 3.38. The molecule has 1 aliphatic heterocycles. The van der Waals surface area contributed by atoms with Crippen LogP contribution in [-0.4, -0.2) is 19.2 Å². The second-order valence-electron chi connectivity index (χ2n) is 8.01. The van der Waals surface area contributed by atoms with Crippen LogP contribution in [0.4, 0.5) is 14.3 Å². The van der Waals surface area contributed by atoms with E-state index in [2.05, 4.69) is 23.2 Å². The third-order valence-electron chi connectivity index (χ3n) is 6.21. The summed E-state index contributed by atoms with van der Waals surface area (Å²) in [6, 6.07) is 28.9. The average molecular weight is 434 g/mol. The summed E-state index contributed by atoms with van der Waals surface area (Å²) in [6.45, 7) is 0. The lowest BCUT2D eigenvalue weighted by atomic mass is 9.74. The highest BCUT2D eigenvalue weighted by Gasteiger charge is 2.48. The monoisotopic (exact) mass is 434 g/mol. The van der Waals surface area contributed by atoms with Gasteiger partial charge in [0.1, 0.15) is 5.41 Å². The van der Waals surface area contributed by atoms with Gasteiger partial charge in [0.25, 0.3) is 0 Å². The van der Waals surface area contributed by atoms with E-state index in [0.717, 1.165) is 33.2 Å². The van der Waals surface area contributed by atoms with Gasteiger partial charge in [-0.3, -0.25) is 0 Å². The molecule has 1 unspecified atom stereocenters. The summed E-state index contributed by atoms with van der Waals surface area (Å²) in [5.74, 6) is 0.258. The highest BCUT2D eigenvalue weighted by Crippen LogP contribution is 2.53. The van der Waals surface area contributed by atoms with Crippen molar-refractivity contribution in [3.8, 4) is 0 Å². The fourth-order valence-corrected chi connectivity index (χ4v) is 4.83. The van der Waals surface area contributed by atoms with Gasteiger partial charge in [-0.05, 0) is 40.1 Å². The Bertz CT molecular complexity index is 1480. The molecule has 0 saturated heterocycles. The minimum Gasteiger partial charge on any atom is -0.490 e. The maximum Gasteiger partial charge on any atom is 0.797 e. The highest BCUT2D eigenvalue weighted by atomic mass is 19.2. The van der Waals surface area contributed by atoms with Crippen LogP contribution in [0.15, 0.2) is 107 Å². The summed E-state index contributed by atoms with van der Waals surface area (Å²) in [7, 11) is -3.00. The number of benzene rings is 4. The Labute approximate surface area is 190 Å². The van der Waals surface area contributed by atoms with Crippen molar-refractivity contribution < 1.29 is 13.3 Å². The lowest BCUT2D eigenvalue weighted by Gasteiger charge is -2.27. The molecule has 1 heterocycles. The van der Waals surface area contributed by atoms with Crippen LogP contribution in [0.1, 0.15) is 22.3 Å². The molecule has 0 aromatic heterocycles. The zero-order valence-electron chi connectivity index (χ0n) is 17.5. The molecule has 1 atom stereocenters. The van der Waals surface area contributed by atoms with E-state index in [4.69, 9.17) is 9.65 Å². The largest absolute Gasteiger partial charge is 0.797 e. The first-order valence-electron chi connectivity index (χ1n) is 10.7. The summed E-state index contributed by atoms with van der Waals surface area (Å²) < 4.78 is 31.6. The number of rotatable bonds is 2. The predicted molar refractivity (Wildman–Crippen MR) is 129 cm³/mol. The van der Waals surface area contributed by atoms with Crippen molar-refractivity contribution in [2.75, 3.05) is 0 Å². The van der Waals surface area contributed by atoms with Crippen molar-refractivity contribution in [3.05, 3.63) is 119 Å². The third kappa shape index (κ3) is 3.02. The Morgan fingerprint density at radius 3 is 2.45 bits per heavy atom. The lowest BCUT2D eigenvalue weighted by Crippen LogP contribution is -2.31. The molecule has 2 aliphatic rings. The fourth-order valence-electron chi connectivity index (χ4n) is 4.83. The van der Waals surface area contributed by atoms with E-state index < -0.39 is 12.9 Å². The summed E-state index contributed by atoms with van der Waals surface area (Å²) in [6.07, 6.45) is 4.12. The van der Waals surface area contributed by atoms with Crippen molar-refractivity contribution in [1.82, 2.24) is 0 Å². The Morgan fingerprint density at radius 1 is 0.848 bits per heavy atom. The van der Waals surface area contributed by atoms with Crippen LogP contribution in [0.2, 0.25) is 0 Å². The van der Waals surface area contributed by atoms with Crippen molar-refractivity contribution in [1.29, 1.82) is 0 Å². The molecule has 0 amide bonds. The van der Waals surface area contributed by atoms with E-state index in [1.807, 2.05) is 60.7 Å². The number of hydrogen-bond donors (Lipinski definition) is 0. The van der Waals surface area contributed by atoms with E-state index in [1.165, 1.54) is 0 Å². The summed E-state index contributed by atoms with van der Waals surface area (Å²) in [5.41, 5.74) is 3.53. The molecule has 158 valence electrons. The minimum atomic E-state index is -3.00. The number of fused-ring (bicyclic) bond motifs is 6. The van der Waals surface area contributed by atoms with E-state index in [1.54, 1.807) is 24.3 Å². The van der Waals surface area contributed by atoms with Gasteiger partial charge in [0.2, 0.25) is 5.90 Å². The molecular formula is C27H17BF2N2O. The van der Waals surface area contributed by atoms with E-state index in [0.29, 0.717) is 11.4 Å². The fraction of sp³-hybridized carbons (Fsp3) is 0.0370. The maximum atomic E-state index is 13.4. The predicted octanol–water partition coefficient (Wildman–Crippen LogP) is 6.58. The van der Waals surface area contributed by atoms with Crippen molar-refractivity contribution in [3.63, 3.8) is 0 Å². The smallest absolute Gasteiger partial charge is 0.490 e. The van der Waals surface area contributed by atoms with Crippen LogP contribution in [0.25, 0.3) is 16.8 Å². The standard InChI is InChI=1S/C27H17BF2N2O/c29-28(30)33-25(20-10-2-1-3-11-20)32-26-27(17-16-19-9-5-7-13-22(19)27)24-21-12-6-4-8-18(21)14-15-23(24)31-26/h1-17H. The molecule has 1 spiro atoms. The van der Waals surface area contributed by atoms with Crippen molar-refractivity contribution >= 4 is 41.7 Å². The number of nitrogens with zero attached hydrogens (tertiary/aromatic N) is 2. The second kappa shape index (κ2) is 7.52. The first-order chi connectivity index (χ1) is 16.2. The van der Waals surface area contributed by atoms with Crippen LogP contribution >= 0.6 is 0 Å². The van der Waals surface area contributed by atoms with E-state index >= 15 is 0 Å². The van der Waals surface area contributed by atoms with Gasteiger partial charge in [-0.1, -0.05) is 84.9 Å². The van der Waals surface area contributed by atoms with Gasteiger partial charge in [0.15, 0.2) is 5.84 Å². The van der Waals surface area contributed by atoms with Gasteiger partial charge in [-0.15, -0.1) is 0 Å². The Morgan fingerprint density at radius 2 is 1.61 bits per heavy atom. The van der Waals surface area contributed by atoms with E-state index in [-0.39, 0.29) is 5.90 Å². The molecule has 3 nitrogen and oxygen atoms in total. The SMILES string of the molecule is FB(F)OC(=NC1=Nc2ccc3ccccc3c2C12C=Cc1ccccc12)c1ccccc1. The highest BCUT2D eigenvalue weighted by molar-refractivity contribution is 6.39. The molecule has 0 N–H and O–H groups in total. The van der Waals surface area contributed by atoms with Gasteiger partial charge in [-0.25, -0.2) is 13.6 Å². The Kier molecular flexibility index (Phi) is 4.47. The van der Waals surface area contributed by atoms with E-state index in [9.17, 15) is 8.63 Å². The molecule has 33 heavy (non-hydrogen) atoms. The van der Waals surface area contributed by atoms with Crippen LogP contribution < -0.4 is 0 Å². The van der Waals surface area contributed by atoms with Gasteiger partial charge < -0.3 is 4.65 Å². The zero-order valence-corrected chi connectivity index (χ0v) is 17.5. The number of hydrogen-bond acceptors (Lipinski definition) is 3. The van der Waals surface area contributed by atoms with Crippen molar-refractivity contribution in [2.45, 2.75) is 5.41 Å². The van der Waals surface area contributed by atoms with Gasteiger partial charge in [0, 0.05) is 11.1 Å². The minimum absolute atomic E-state index is 0.154. The molecule has 4 aromatic rings. The summed E-state index contributed by atoms with van der Waals surface area (Å²) >= 11 is 0. The maximum absolute atomic E-state index is 13.4. The Balaban J connectivity index is 1.63. The van der Waals surface area contributed by atoms with Crippen LogP contribution in [0.5, 0.6) is 0 Å². The number of amidine groups is 1. The molecule has 6 heteroatoms. The molecule has 0 radical (unpaired) electrons. The molecule has 1 aliphatic carbocycles. The molecular weight excluding hydrogens is 417 g/mol. The lowest BCUT2D eigenvalue weighted by molar-refractivity contribution is 0.420. The topological polar surface area (TPSA) is 34.0 Å². The van der Waals surface area contributed by atoms with Gasteiger partial charge in [0.05, 0.1) is 5.69 Å². The third-order valence-corrected chi connectivity index (χ3v) is 6.21. The van der Waals surface area contributed by atoms with Gasteiger partial charge >= 0.3 is 7.47 Å². The summed E-state index contributed by atoms with van der Waals surface area (Å²) in [4.78, 5) is 9.52. The van der Waals surface area contributed by atoms with Crippen LogP contribution in [0.3, 0.4) is 0 Å². The molecule has 0 fully saturated rings. The quantitative estimate of drug-likeness (QED) is 0.199. The Hall–Kier alpha value is -4.06. The second-order valence-corrected chi connectivity index (χ2v) is 8.01. The normalized spacial score (nSPS) is 18.4. The molecule has 0 saturated carbocycles. The first kappa shape index (κ1) is 19.6. The number of aliphatic imine (C=N–C) groups is 2.